The first-order valence-corrected chi connectivity index (χ1v) is 10.5. The maximum atomic E-state index is 13.5. The summed E-state index contributed by atoms with van der Waals surface area (Å²) in [5.41, 5.74) is 0.842. The van der Waals surface area contributed by atoms with Crippen molar-refractivity contribution in [3.8, 4) is 0 Å². The fourth-order valence-electron chi connectivity index (χ4n) is 4.16. The number of amides is 3. The van der Waals surface area contributed by atoms with Crippen molar-refractivity contribution in [2.75, 3.05) is 0 Å². The smallest absolute Gasteiger partial charge is 0.272 e. The highest BCUT2D eigenvalue weighted by Crippen LogP contribution is 2.40. The van der Waals surface area contributed by atoms with E-state index in [-0.39, 0.29) is 34.9 Å². The van der Waals surface area contributed by atoms with Gasteiger partial charge >= 0.3 is 0 Å². The summed E-state index contributed by atoms with van der Waals surface area (Å²) in [5, 5.41) is 2.88. The number of benzene rings is 2. The normalized spacial score (nSPS) is 22.9. The highest BCUT2D eigenvalue weighted by atomic mass is 35.5. The highest BCUT2D eigenvalue weighted by molar-refractivity contribution is 6.34. The van der Waals surface area contributed by atoms with Crippen LogP contribution in [0.3, 0.4) is 0 Å². The molecule has 0 aromatic heterocycles. The Morgan fingerprint density at radius 1 is 1.03 bits per heavy atom. The molecule has 0 saturated carbocycles. The second-order valence-electron chi connectivity index (χ2n) is 7.58. The van der Waals surface area contributed by atoms with Gasteiger partial charge in [-0.1, -0.05) is 72.6 Å². The molecule has 4 rings (SSSR count). The van der Waals surface area contributed by atoms with E-state index in [0.29, 0.717) is 17.0 Å². The van der Waals surface area contributed by atoms with E-state index in [1.54, 1.807) is 48.5 Å². The van der Waals surface area contributed by atoms with Crippen molar-refractivity contribution in [3.63, 3.8) is 0 Å². The van der Waals surface area contributed by atoms with Crippen LogP contribution in [0.2, 0.25) is 10.0 Å². The first-order chi connectivity index (χ1) is 14.4. The molecule has 1 heterocycles. The molecule has 1 saturated heterocycles. The van der Waals surface area contributed by atoms with Gasteiger partial charge in [0, 0.05) is 5.02 Å². The molecule has 154 valence electrons. The Bertz CT molecular complexity index is 1050. The average molecular weight is 443 g/mol. The zero-order chi connectivity index (χ0) is 21.4. The Morgan fingerprint density at radius 2 is 1.70 bits per heavy atom. The van der Waals surface area contributed by atoms with Crippen molar-refractivity contribution in [1.82, 2.24) is 10.0 Å². The topological polar surface area (TPSA) is 57.7 Å². The summed E-state index contributed by atoms with van der Waals surface area (Å²) in [6.45, 7) is 1.89. The number of hydrazine groups is 1. The van der Waals surface area contributed by atoms with Crippen molar-refractivity contribution >= 4 is 40.9 Å². The summed E-state index contributed by atoms with van der Waals surface area (Å²) in [7, 11) is 0. The molecule has 1 aliphatic carbocycles. The summed E-state index contributed by atoms with van der Waals surface area (Å²) in [6, 6.07) is 13.6. The maximum Gasteiger partial charge on any atom is 0.274 e. The van der Waals surface area contributed by atoms with Crippen molar-refractivity contribution in [1.29, 1.82) is 0 Å². The van der Waals surface area contributed by atoms with E-state index in [0.717, 1.165) is 5.01 Å². The first kappa shape index (κ1) is 20.6. The van der Waals surface area contributed by atoms with Crippen molar-refractivity contribution in [2.45, 2.75) is 19.9 Å². The second kappa shape index (κ2) is 8.25. The van der Waals surface area contributed by atoms with Crippen LogP contribution in [0.25, 0.3) is 0 Å². The molecule has 3 atom stereocenters. The third-order valence-electron chi connectivity index (χ3n) is 5.71. The lowest BCUT2D eigenvalue weighted by Crippen LogP contribution is -2.50. The van der Waals surface area contributed by atoms with Gasteiger partial charge in [-0.05, 0) is 36.1 Å². The van der Waals surface area contributed by atoms with Crippen LogP contribution in [0.4, 0.5) is 0 Å². The van der Waals surface area contributed by atoms with Crippen molar-refractivity contribution in [3.05, 3.63) is 81.9 Å². The average Bonchev–Trinajstić information content (AvgIpc) is 2.99. The molecule has 2 aliphatic rings. The molecule has 3 amide bonds. The van der Waals surface area contributed by atoms with Gasteiger partial charge in [-0.2, -0.15) is 5.01 Å². The number of hydrogen-bond donors (Lipinski definition) is 0. The highest BCUT2D eigenvalue weighted by Gasteiger charge is 2.53. The molecule has 1 fully saturated rings. The summed E-state index contributed by atoms with van der Waals surface area (Å²) < 4.78 is 0. The van der Waals surface area contributed by atoms with Gasteiger partial charge < -0.3 is 0 Å². The summed E-state index contributed by atoms with van der Waals surface area (Å²) in [4.78, 5) is 40.0. The van der Waals surface area contributed by atoms with E-state index in [2.05, 4.69) is 0 Å². The Hall–Kier alpha value is -2.63. The largest absolute Gasteiger partial charge is 0.274 e. The van der Waals surface area contributed by atoms with Gasteiger partial charge in [0.15, 0.2) is 0 Å². The van der Waals surface area contributed by atoms with Crippen LogP contribution in [0, 0.1) is 17.8 Å². The number of nitrogens with zero attached hydrogens (tertiary/aromatic N) is 2. The molecule has 5 nitrogen and oxygen atoms in total. The molecule has 2 aromatic rings. The summed E-state index contributed by atoms with van der Waals surface area (Å²) >= 11 is 12.6. The van der Waals surface area contributed by atoms with Gasteiger partial charge in [-0.25, -0.2) is 5.01 Å². The lowest BCUT2D eigenvalue weighted by Gasteiger charge is -2.31. The van der Waals surface area contributed by atoms with Gasteiger partial charge in [-0.15, -0.1) is 0 Å². The Balaban J connectivity index is 1.77. The van der Waals surface area contributed by atoms with Crippen LogP contribution in [0.15, 0.2) is 60.7 Å². The van der Waals surface area contributed by atoms with Crippen molar-refractivity contribution in [2.24, 2.45) is 17.8 Å². The number of hydrogen-bond acceptors (Lipinski definition) is 3. The SMILES string of the molecule is C[C@@H]1C=CC[C@@H]2C(=O)N(N(Cc3ccccc3Cl)C(=O)c3ccccc3Cl)C(=O)[C@@H]12. The number of allylic oxidation sites excluding steroid dienone is 2. The molecule has 1 aliphatic heterocycles. The minimum absolute atomic E-state index is 0.0253. The monoisotopic (exact) mass is 442 g/mol. The second-order valence-corrected chi connectivity index (χ2v) is 8.39. The van der Waals surface area contributed by atoms with E-state index in [9.17, 15) is 14.4 Å². The van der Waals surface area contributed by atoms with E-state index in [1.165, 1.54) is 5.01 Å². The van der Waals surface area contributed by atoms with E-state index < -0.39 is 17.7 Å². The number of carbonyl (C=O) groups is 3. The predicted molar refractivity (Wildman–Crippen MR) is 115 cm³/mol. The van der Waals surface area contributed by atoms with Gasteiger partial charge in [0.25, 0.3) is 17.7 Å². The van der Waals surface area contributed by atoms with E-state index in [4.69, 9.17) is 23.2 Å². The lowest BCUT2D eigenvalue weighted by atomic mass is 9.78. The van der Waals surface area contributed by atoms with Gasteiger partial charge in [0.05, 0.1) is 29.0 Å². The van der Waals surface area contributed by atoms with Crippen LogP contribution in [-0.2, 0) is 16.1 Å². The summed E-state index contributed by atoms with van der Waals surface area (Å²) in [5.74, 6) is -2.28. The van der Waals surface area contributed by atoms with Crippen LogP contribution in [0.5, 0.6) is 0 Å². The molecular formula is C23H20Cl2N2O3. The van der Waals surface area contributed by atoms with Crippen LogP contribution < -0.4 is 0 Å². The number of carbonyl (C=O) groups excluding carboxylic acids is 3. The molecule has 7 heteroatoms. The van der Waals surface area contributed by atoms with Crippen LogP contribution >= 0.6 is 23.2 Å². The molecule has 0 N–H and O–H groups in total. The number of rotatable bonds is 4. The third-order valence-corrected chi connectivity index (χ3v) is 6.41. The molecule has 2 aromatic carbocycles. The Morgan fingerprint density at radius 3 is 2.37 bits per heavy atom. The Labute approximate surface area is 184 Å². The van der Waals surface area contributed by atoms with Crippen LogP contribution in [-0.4, -0.2) is 27.7 Å². The molecule has 0 spiro atoms. The molecule has 0 unspecified atom stereocenters. The summed E-state index contributed by atoms with van der Waals surface area (Å²) in [6.07, 6.45) is 4.36. The fourth-order valence-corrected chi connectivity index (χ4v) is 4.58. The molecule has 30 heavy (non-hydrogen) atoms. The molecule has 0 bridgehead atoms. The van der Waals surface area contributed by atoms with E-state index in [1.807, 2.05) is 19.1 Å². The standard InChI is InChI=1S/C23H20Cl2N2O3/c1-14-7-6-10-17-20(14)23(30)27(22(17)29)26(13-15-8-2-4-11-18(15)24)21(28)16-9-3-5-12-19(16)25/h2-9,11-12,14,17,20H,10,13H2,1H3/t14-,17+,20+/m1/s1. The van der Waals surface area contributed by atoms with Gasteiger partial charge in [0.1, 0.15) is 0 Å². The fraction of sp³-hybridized carbons (Fsp3) is 0.261. The number of imide groups is 1. The quantitative estimate of drug-likeness (QED) is 0.506. The number of fused-ring (bicyclic) bond motifs is 1. The third kappa shape index (κ3) is 3.53. The van der Waals surface area contributed by atoms with Crippen LogP contribution in [0.1, 0.15) is 29.3 Å². The van der Waals surface area contributed by atoms with Gasteiger partial charge in [0.2, 0.25) is 0 Å². The maximum absolute atomic E-state index is 13.5. The Kier molecular flexibility index (Phi) is 5.67. The molecule has 0 radical (unpaired) electrons. The van der Waals surface area contributed by atoms with Gasteiger partial charge in [-0.3, -0.25) is 14.4 Å². The van der Waals surface area contributed by atoms with E-state index >= 15 is 0 Å². The van der Waals surface area contributed by atoms with Crippen molar-refractivity contribution < 1.29 is 14.4 Å². The zero-order valence-electron chi connectivity index (χ0n) is 16.3. The zero-order valence-corrected chi connectivity index (χ0v) is 17.8. The number of halogens is 2. The first-order valence-electron chi connectivity index (χ1n) is 9.74. The molecular weight excluding hydrogens is 423 g/mol. The minimum Gasteiger partial charge on any atom is -0.272 e. The lowest BCUT2D eigenvalue weighted by molar-refractivity contribution is -0.155. The predicted octanol–water partition coefficient (Wildman–Crippen LogP) is 4.75. The minimum atomic E-state index is -0.526.